The van der Waals surface area contributed by atoms with Crippen molar-refractivity contribution in [2.45, 2.75) is 13.3 Å². The fourth-order valence-electron chi connectivity index (χ4n) is 1.35. The summed E-state index contributed by atoms with van der Waals surface area (Å²) in [6.45, 7) is -0.0427. The topological polar surface area (TPSA) is 129 Å². The summed E-state index contributed by atoms with van der Waals surface area (Å²) in [7, 11) is 0. The van der Waals surface area contributed by atoms with Crippen molar-refractivity contribution in [3.8, 4) is 0 Å². The average molecular weight is 312 g/mol. The molecule has 0 fully saturated rings. The van der Waals surface area contributed by atoms with Crippen LogP contribution in [0.2, 0.25) is 0 Å². The standard InChI is InChI=1S/C13H28O8/c1-2-3-20-21-11-13(7-17,8-18)10-19-9-12(4-14,5-15)6-16/h14-18H,2-11H2,1H3. The van der Waals surface area contributed by atoms with Gasteiger partial charge in [0.2, 0.25) is 0 Å². The molecule has 0 aromatic heterocycles. The number of rotatable bonds is 14. The van der Waals surface area contributed by atoms with Crippen LogP contribution in [-0.4, -0.2) is 85.0 Å². The maximum Gasteiger partial charge on any atom is 0.0944 e. The summed E-state index contributed by atoms with van der Waals surface area (Å²) in [5, 5.41) is 46.4. The van der Waals surface area contributed by atoms with E-state index in [2.05, 4.69) is 0 Å². The van der Waals surface area contributed by atoms with Crippen molar-refractivity contribution in [2.24, 2.45) is 10.8 Å². The lowest BCUT2D eigenvalue weighted by Crippen LogP contribution is -2.43. The minimum atomic E-state index is -1.16. The Morgan fingerprint density at radius 1 is 0.667 bits per heavy atom. The maximum atomic E-state index is 9.41. The van der Waals surface area contributed by atoms with Gasteiger partial charge in [0.25, 0.3) is 0 Å². The first-order valence-corrected chi connectivity index (χ1v) is 6.94. The summed E-state index contributed by atoms with van der Waals surface area (Å²) in [6, 6.07) is 0. The Balaban J connectivity index is 4.36. The third-order valence-electron chi connectivity index (χ3n) is 3.23. The van der Waals surface area contributed by atoms with E-state index in [1.165, 1.54) is 0 Å². The van der Waals surface area contributed by atoms with Crippen LogP contribution in [0.4, 0.5) is 0 Å². The van der Waals surface area contributed by atoms with Crippen molar-refractivity contribution in [1.29, 1.82) is 0 Å². The molecule has 0 saturated carbocycles. The van der Waals surface area contributed by atoms with E-state index in [1.807, 2.05) is 6.92 Å². The van der Waals surface area contributed by atoms with Crippen LogP contribution >= 0.6 is 0 Å². The van der Waals surface area contributed by atoms with Crippen LogP contribution in [0.3, 0.4) is 0 Å². The minimum absolute atomic E-state index is 0.0651. The van der Waals surface area contributed by atoms with Gasteiger partial charge >= 0.3 is 0 Å². The van der Waals surface area contributed by atoms with Gasteiger partial charge in [0.05, 0.1) is 70.3 Å². The lowest BCUT2D eigenvalue weighted by atomic mass is 9.91. The minimum Gasteiger partial charge on any atom is -0.396 e. The maximum absolute atomic E-state index is 9.41. The lowest BCUT2D eigenvalue weighted by molar-refractivity contribution is -0.317. The van der Waals surface area contributed by atoms with Gasteiger partial charge in [0, 0.05) is 0 Å². The highest BCUT2D eigenvalue weighted by Crippen LogP contribution is 2.21. The summed E-state index contributed by atoms with van der Waals surface area (Å²) in [4.78, 5) is 9.79. The van der Waals surface area contributed by atoms with Gasteiger partial charge in [-0.2, -0.15) is 0 Å². The molecule has 0 spiro atoms. The van der Waals surface area contributed by atoms with Crippen LogP contribution in [0.1, 0.15) is 13.3 Å². The van der Waals surface area contributed by atoms with Gasteiger partial charge < -0.3 is 30.3 Å². The molecule has 8 heteroatoms. The molecule has 0 aromatic carbocycles. The van der Waals surface area contributed by atoms with Crippen LogP contribution < -0.4 is 0 Å². The Morgan fingerprint density at radius 3 is 1.57 bits per heavy atom. The van der Waals surface area contributed by atoms with Crippen molar-refractivity contribution < 1.29 is 40.0 Å². The molecule has 8 nitrogen and oxygen atoms in total. The van der Waals surface area contributed by atoms with Gasteiger partial charge in [0.15, 0.2) is 0 Å². The molecule has 0 unspecified atom stereocenters. The highest BCUT2D eigenvalue weighted by molar-refractivity contribution is 4.80. The van der Waals surface area contributed by atoms with Crippen molar-refractivity contribution in [3.05, 3.63) is 0 Å². The van der Waals surface area contributed by atoms with Gasteiger partial charge in [-0.3, -0.25) is 0 Å². The van der Waals surface area contributed by atoms with Crippen molar-refractivity contribution >= 4 is 0 Å². The molecule has 0 aliphatic heterocycles. The summed E-state index contributed by atoms with van der Waals surface area (Å²) in [5.41, 5.74) is -2.21. The smallest absolute Gasteiger partial charge is 0.0944 e. The zero-order chi connectivity index (χ0) is 16.2. The van der Waals surface area contributed by atoms with Crippen LogP contribution in [0.25, 0.3) is 0 Å². The monoisotopic (exact) mass is 312 g/mol. The Labute approximate surface area is 124 Å². The fraction of sp³-hybridized carbons (Fsp3) is 1.00. The predicted octanol–water partition coefficient (Wildman–Crippen LogP) is -1.70. The van der Waals surface area contributed by atoms with Gasteiger partial charge in [-0.15, -0.1) is 0 Å². The Bertz CT molecular complexity index is 232. The second kappa shape index (κ2) is 11.3. The summed E-state index contributed by atoms with van der Waals surface area (Å²) in [6.07, 6.45) is 0.772. The third-order valence-corrected chi connectivity index (χ3v) is 3.23. The zero-order valence-electron chi connectivity index (χ0n) is 12.5. The second-order valence-electron chi connectivity index (χ2n) is 5.37. The second-order valence-corrected chi connectivity index (χ2v) is 5.37. The van der Waals surface area contributed by atoms with Gasteiger partial charge in [-0.05, 0) is 6.42 Å². The first kappa shape index (κ1) is 20.7. The molecule has 0 radical (unpaired) electrons. The van der Waals surface area contributed by atoms with Crippen LogP contribution in [0.15, 0.2) is 0 Å². The predicted molar refractivity (Wildman–Crippen MR) is 73.3 cm³/mol. The molecule has 0 aromatic rings. The summed E-state index contributed by atoms with van der Waals surface area (Å²) >= 11 is 0. The molecular weight excluding hydrogens is 284 g/mol. The molecule has 0 bridgehead atoms. The zero-order valence-corrected chi connectivity index (χ0v) is 12.5. The number of aliphatic hydroxyl groups excluding tert-OH is 5. The first-order valence-electron chi connectivity index (χ1n) is 6.94. The largest absolute Gasteiger partial charge is 0.396 e. The Hall–Kier alpha value is -0.320. The van der Waals surface area contributed by atoms with Gasteiger partial charge in [-0.1, -0.05) is 6.92 Å². The molecular formula is C13H28O8. The molecule has 128 valence electrons. The lowest BCUT2D eigenvalue weighted by Gasteiger charge is -2.32. The normalized spacial score (nSPS) is 12.9. The molecule has 0 atom stereocenters. The molecule has 0 heterocycles. The van der Waals surface area contributed by atoms with E-state index in [0.717, 1.165) is 6.42 Å². The van der Waals surface area contributed by atoms with E-state index in [1.54, 1.807) is 0 Å². The number of hydrogen-bond donors (Lipinski definition) is 5. The van der Waals surface area contributed by atoms with Crippen molar-refractivity contribution in [2.75, 3.05) is 59.5 Å². The third kappa shape index (κ3) is 6.98. The van der Waals surface area contributed by atoms with E-state index in [9.17, 15) is 25.5 Å². The van der Waals surface area contributed by atoms with Gasteiger partial charge in [-0.25, -0.2) is 9.78 Å². The highest BCUT2D eigenvalue weighted by atomic mass is 17.2. The quantitative estimate of drug-likeness (QED) is 0.146. The van der Waals surface area contributed by atoms with Crippen molar-refractivity contribution in [3.63, 3.8) is 0 Å². The number of ether oxygens (including phenoxy) is 1. The molecule has 0 amide bonds. The van der Waals surface area contributed by atoms with E-state index in [0.29, 0.717) is 6.61 Å². The summed E-state index contributed by atoms with van der Waals surface area (Å²) in [5.74, 6) is 0. The molecule has 5 N–H and O–H groups in total. The van der Waals surface area contributed by atoms with Crippen LogP contribution in [0, 0.1) is 10.8 Å². The van der Waals surface area contributed by atoms with Crippen molar-refractivity contribution in [1.82, 2.24) is 0 Å². The van der Waals surface area contributed by atoms with Crippen LogP contribution in [-0.2, 0) is 14.5 Å². The number of hydrogen-bond acceptors (Lipinski definition) is 8. The van der Waals surface area contributed by atoms with Gasteiger partial charge in [0.1, 0.15) is 0 Å². The molecule has 0 aliphatic rings. The first-order chi connectivity index (χ1) is 10.1. The van der Waals surface area contributed by atoms with E-state index >= 15 is 0 Å². The molecule has 0 saturated heterocycles. The molecule has 21 heavy (non-hydrogen) atoms. The van der Waals surface area contributed by atoms with E-state index < -0.39 is 30.7 Å². The molecule has 0 rings (SSSR count). The summed E-state index contributed by atoms with van der Waals surface area (Å²) < 4.78 is 5.34. The van der Waals surface area contributed by atoms with E-state index in [-0.39, 0.29) is 33.0 Å². The average Bonchev–Trinajstić information content (AvgIpc) is 2.54. The Kier molecular flexibility index (Phi) is 11.1. The van der Waals surface area contributed by atoms with Crippen LogP contribution in [0.5, 0.6) is 0 Å². The SMILES string of the molecule is CCCOOCC(CO)(CO)COCC(CO)(CO)CO. The highest BCUT2D eigenvalue weighted by Gasteiger charge is 2.34. The van der Waals surface area contributed by atoms with E-state index in [4.69, 9.17) is 14.5 Å². The Morgan fingerprint density at radius 2 is 1.14 bits per heavy atom. The molecule has 0 aliphatic carbocycles. The fourth-order valence-corrected chi connectivity index (χ4v) is 1.35. The number of aliphatic hydroxyl groups is 5.